The standard InChI is InChI=1S/C16H27N3O2/c1-4-13(5-2)19-12(3)10-14(18-19)15(21)17-16(11-20)8-6-7-9-16/h10,13,20H,4-9,11H2,1-3H3,(H,17,21). The fourth-order valence-corrected chi connectivity index (χ4v) is 3.28. The summed E-state index contributed by atoms with van der Waals surface area (Å²) in [6, 6.07) is 2.18. The van der Waals surface area contributed by atoms with Crippen LogP contribution in [0.5, 0.6) is 0 Å². The van der Waals surface area contributed by atoms with Gasteiger partial charge in [0.1, 0.15) is 5.69 Å². The van der Waals surface area contributed by atoms with Crippen molar-refractivity contribution in [2.24, 2.45) is 0 Å². The molecule has 2 rings (SSSR count). The van der Waals surface area contributed by atoms with Crippen LogP contribution in [-0.2, 0) is 0 Å². The van der Waals surface area contributed by atoms with E-state index < -0.39 is 5.54 Å². The van der Waals surface area contributed by atoms with Crippen LogP contribution in [0.15, 0.2) is 6.07 Å². The molecule has 0 saturated heterocycles. The van der Waals surface area contributed by atoms with Crippen molar-refractivity contribution in [2.75, 3.05) is 6.61 Å². The van der Waals surface area contributed by atoms with Crippen molar-refractivity contribution >= 4 is 5.91 Å². The normalized spacial score (nSPS) is 17.4. The molecule has 0 aliphatic heterocycles. The molecule has 0 atom stereocenters. The van der Waals surface area contributed by atoms with Gasteiger partial charge in [-0.2, -0.15) is 5.10 Å². The second-order valence-electron chi connectivity index (χ2n) is 6.19. The number of carbonyl (C=O) groups excluding carboxylic acids is 1. The number of aromatic nitrogens is 2. The first kappa shape index (κ1) is 16.0. The maximum atomic E-state index is 12.4. The van der Waals surface area contributed by atoms with E-state index in [0.29, 0.717) is 11.7 Å². The van der Waals surface area contributed by atoms with Crippen LogP contribution in [0.2, 0.25) is 0 Å². The second-order valence-corrected chi connectivity index (χ2v) is 6.19. The Morgan fingerprint density at radius 1 is 1.43 bits per heavy atom. The highest BCUT2D eigenvalue weighted by atomic mass is 16.3. The Kier molecular flexibility index (Phi) is 5.04. The van der Waals surface area contributed by atoms with E-state index in [1.165, 1.54) is 0 Å². The lowest BCUT2D eigenvalue weighted by Crippen LogP contribution is -2.49. The summed E-state index contributed by atoms with van der Waals surface area (Å²) in [4.78, 5) is 12.4. The molecule has 5 nitrogen and oxygen atoms in total. The van der Waals surface area contributed by atoms with E-state index in [1.54, 1.807) is 0 Å². The number of aliphatic hydroxyl groups excluding tert-OH is 1. The number of hydrogen-bond acceptors (Lipinski definition) is 3. The molecule has 0 aromatic carbocycles. The van der Waals surface area contributed by atoms with Gasteiger partial charge in [0.15, 0.2) is 0 Å². The molecule has 2 N–H and O–H groups in total. The Morgan fingerprint density at radius 3 is 2.57 bits per heavy atom. The molecule has 1 heterocycles. The number of nitrogens with zero attached hydrogens (tertiary/aromatic N) is 2. The molecule has 1 fully saturated rings. The van der Waals surface area contributed by atoms with Gasteiger partial charge >= 0.3 is 0 Å². The number of amides is 1. The van der Waals surface area contributed by atoms with Crippen molar-refractivity contribution in [1.29, 1.82) is 0 Å². The fraction of sp³-hybridized carbons (Fsp3) is 0.750. The Hall–Kier alpha value is -1.36. The monoisotopic (exact) mass is 293 g/mol. The smallest absolute Gasteiger partial charge is 0.272 e. The topological polar surface area (TPSA) is 67.2 Å². The molecule has 1 aliphatic carbocycles. The average molecular weight is 293 g/mol. The lowest BCUT2D eigenvalue weighted by Gasteiger charge is -2.27. The van der Waals surface area contributed by atoms with Crippen LogP contribution < -0.4 is 5.32 Å². The summed E-state index contributed by atoms with van der Waals surface area (Å²) in [5.74, 6) is -0.168. The van der Waals surface area contributed by atoms with E-state index in [9.17, 15) is 9.90 Å². The number of hydrogen-bond donors (Lipinski definition) is 2. The molecular formula is C16H27N3O2. The highest BCUT2D eigenvalue weighted by Gasteiger charge is 2.35. The zero-order valence-electron chi connectivity index (χ0n) is 13.4. The van der Waals surface area contributed by atoms with Gasteiger partial charge in [-0.15, -0.1) is 0 Å². The summed E-state index contributed by atoms with van der Waals surface area (Å²) in [5, 5.41) is 17.1. The molecule has 1 amide bonds. The van der Waals surface area contributed by atoms with Crippen molar-refractivity contribution in [3.63, 3.8) is 0 Å². The first-order chi connectivity index (χ1) is 10.0. The van der Waals surface area contributed by atoms with E-state index in [-0.39, 0.29) is 12.5 Å². The average Bonchev–Trinajstić information content (AvgIpc) is 3.09. The largest absolute Gasteiger partial charge is 0.394 e. The number of rotatable bonds is 6. The first-order valence-corrected chi connectivity index (χ1v) is 8.04. The number of carbonyl (C=O) groups is 1. The third-order valence-electron chi connectivity index (χ3n) is 4.69. The fourth-order valence-electron chi connectivity index (χ4n) is 3.28. The molecule has 0 bridgehead atoms. The second kappa shape index (κ2) is 6.60. The summed E-state index contributed by atoms with van der Waals surface area (Å²) >= 11 is 0. The van der Waals surface area contributed by atoms with E-state index >= 15 is 0 Å². The summed E-state index contributed by atoms with van der Waals surface area (Å²) in [6.07, 6.45) is 5.81. The van der Waals surface area contributed by atoms with Crippen molar-refractivity contribution in [2.45, 2.75) is 70.9 Å². The molecule has 1 saturated carbocycles. The molecule has 21 heavy (non-hydrogen) atoms. The minimum atomic E-state index is -0.441. The van der Waals surface area contributed by atoms with Crippen molar-refractivity contribution in [1.82, 2.24) is 15.1 Å². The Balaban J connectivity index is 2.14. The third-order valence-corrected chi connectivity index (χ3v) is 4.69. The van der Waals surface area contributed by atoms with Gasteiger partial charge in [-0.05, 0) is 38.7 Å². The molecule has 1 aromatic rings. The van der Waals surface area contributed by atoms with E-state index in [2.05, 4.69) is 24.3 Å². The minimum absolute atomic E-state index is 0.00494. The van der Waals surface area contributed by atoms with Gasteiger partial charge in [-0.3, -0.25) is 9.48 Å². The van der Waals surface area contributed by atoms with Gasteiger partial charge in [-0.25, -0.2) is 0 Å². The summed E-state index contributed by atoms with van der Waals surface area (Å²) in [6.45, 7) is 6.26. The van der Waals surface area contributed by atoms with Crippen molar-refractivity contribution < 1.29 is 9.90 Å². The lowest BCUT2D eigenvalue weighted by atomic mass is 9.99. The Morgan fingerprint density at radius 2 is 2.05 bits per heavy atom. The quantitative estimate of drug-likeness (QED) is 0.847. The molecule has 0 radical (unpaired) electrons. The van der Waals surface area contributed by atoms with Gasteiger partial charge in [0, 0.05) is 5.69 Å². The number of aliphatic hydroxyl groups is 1. The van der Waals surface area contributed by atoms with Crippen LogP contribution in [0.1, 0.15) is 74.6 Å². The van der Waals surface area contributed by atoms with Crippen LogP contribution in [-0.4, -0.2) is 32.9 Å². The van der Waals surface area contributed by atoms with Gasteiger partial charge in [-0.1, -0.05) is 26.7 Å². The molecular weight excluding hydrogens is 266 g/mol. The molecule has 0 unspecified atom stereocenters. The Bertz CT molecular complexity index is 486. The van der Waals surface area contributed by atoms with Crippen LogP contribution in [0, 0.1) is 6.92 Å². The first-order valence-electron chi connectivity index (χ1n) is 8.04. The predicted molar refractivity (Wildman–Crippen MR) is 82.3 cm³/mol. The lowest BCUT2D eigenvalue weighted by molar-refractivity contribution is 0.0832. The molecule has 118 valence electrons. The van der Waals surface area contributed by atoms with Crippen LogP contribution in [0.3, 0.4) is 0 Å². The van der Waals surface area contributed by atoms with E-state index in [1.807, 2.05) is 17.7 Å². The number of nitrogens with one attached hydrogen (secondary N) is 1. The molecule has 0 spiro atoms. The van der Waals surface area contributed by atoms with Gasteiger partial charge in [0.25, 0.3) is 5.91 Å². The molecule has 5 heteroatoms. The number of aryl methyl sites for hydroxylation is 1. The highest BCUT2D eigenvalue weighted by Crippen LogP contribution is 2.29. The molecule has 1 aliphatic rings. The van der Waals surface area contributed by atoms with Gasteiger partial charge in [0.2, 0.25) is 0 Å². The summed E-state index contributed by atoms with van der Waals surface area (Å²) < 4.78 is 1.95. The maximum absolute atomic E-state index is 12.4. The SMILES string of the molecule is CCC(CC)n1nc(C(=O)NC2(CO)CCCC2)cc1C. The Labute approximate surface area is 126 Å². The van der Waals surface area contributed by atoms with Crippen molar-refractivity contribution in [3.8, 4) is 0 Å². The third kappa shape index (κ3) is 3.28. The van der Waals surface area contributed by atoms with Gasteiger partial charge in [0.05, 0.1) is 18.2 Å². The van der Waals surface area contributed by atoms with E-state index in [4.69, 9.17) is 0 Å². The minimum Gasteiger partial charge on any atom is -0.394 e. The van der Waals surface area contributed by atoms with Crippen molar-refractivity contribution in [3.05, 3.63) is 17.5 Å². The maximum Gasteiger partial charge on any atom is 0.272 e. The van der Waals surface area contributed by atoms with Crippen LogP contribution in [0.4, 0.5) is 0 Å². The zero-order valence-corrected chi connectivity index (χ0v) is 13.4. The predicted octanol–water partition coefficient (Wildman–Crippen LogP) is 2.59. The van der Waals surface area contributed by atoms with Gasteiger partial charge < -0.3 is 10.4 Å². The summed E-state index contributed by atoms with van der Waals surface area (Å²) in [7, 11) is 0. The highest BCUT2D eigenvalue weighted by molar-refractivity contribution is 5.93. The van der Waals surface area contributed by atoms with Crippen LogP contribution >= 0.6 is 0 Å². The summed E-state index contributed by atoms with van der Waals surface area (Å²) in [5.41, 5.74) is 1.03. The van der Waals surface area contributed by atoms with E-state index in [0.717, 1.165) is 44.2 Å². The molecule has 1 aromatic heterocycles. The van der Waals surface area contributed by atoms with Crippen LogP contribution in [0.25, 0.3) is 0 Å². The zero-order chi connectivity index (χ0) is 15.5.